The van der Waals surface area contributed by atoms with Crippen molar-refractivity contribution in [3.8, 4) is 6.07 Å². The molecule has 1 aromatic heterocycles. The van der Waals surface area contributed by atoms with Gasteiger partial charge in [0.15, 0.2) is 0 Å². The van der Waals surface area contributed by atoms with Gasteiger partial charge in [-0.1, -0.05) is 13.0 Å². The van der Waals surface area contributed by atoms with Crippen LogP contribution in [0.25, 0.3) is 0 Å². The van der Waals surface area contributed by atoms with E-state index in [4.69, 9.17) is 10.4 Å². The molecule has 5 heteroatoms. The SMILES string of the molecule is CCC(C)(CNc1cccc(C#N)n1)C(=O)O. The number of pyridine rings is 1. The Kier molecular flexibility index (Phi) is 4.05. The number of carboxylic acid groups (broad SMARTS) is 1. The molecule has 1 atom stereocenters. The van der Waals surface area contributed by atoms with Crippen molar-refractivity contribution in [1.29, 1.82) is 5.26 Å². The van der Waals surface area contributed by atoms with E-state index in [1.54, 1.807) is 25.1 Å². The molecule has 0 aliphatic carbocycles. The summed E-state index contributed by atoms with van der Waals surface area (Å²) in [5.41, 5.74) is -0.520. The molecule has 90 valence electrons. The molecule has 1 unspecified atom stereocenters. The molecule has 1 aromatic rings. The molecule has 0 aliphatic heterocycles. The quantitative estimate of drug-likeness (QED) is 0.810. The number of carboxylic acids is 1. The Morgan fingerprint density at radius 3 is 2.88 bits per heavy atom. The van der Waals surface area contributed by atoms with Crippen LogP contribution in [0.3, 0.4) is 0 Å². The van der Waals surface area contributed by atoms with Crippen LogP contribution in [0.2, 0.25) is 0 Å². The predicted octanol–water partition coefficient (Wildman–Crippen LogP) is 1.87. The maximum absolute atomic E-state index is 11.1. The highest BCUT2D eigenvalue weighted by molar-refractivity contribution is 5.74. The Morgan fingerprint density at radius 2 is 2.35 bits per heavy atom. The average Bonchev–Trinajstić information content (AvgIpc) is 2.36. The molecule has 17 heavy (non-hydrogen) atoms. The van der Waals surface area contributed by atoms with Gasteiger partial charge in [-0.2, -0.15) is 5.26 Å². The van der Waals surface area contributed by atoms with Gasteiger partial charge in [-0.05, 0) is 25.5 Å². The molecule has 0 radical (unpaired) electrons. The number of carbonyl (C=O) groups is 1. The molecular formula is C12H15N3O2. The van der Waals surface area contributed by atoms with E-state index in [9.17, 15) is 4.79 Å². The predicted molar refractivity (Wildman–Crippen MR) is 63.5 cm³/mol. The third-order valence-corrected chi connectivity index (χ3v) is 2.82. The number of hydrogen-bond acceptors (Lipinski definition) is 4. The molecule has 0 spiro atoms. The first-order valence-electron chi connectivity index (χ1n) is 5.36. The van der Waals surface area contributed by atoms with Gasteiger partial charge in [0.2, 0.25) is 0 Å². The number of nitrogens with one attached hydrogen (secondary N) is 1. The van der Waals surface area contributed by atoms with E-state index in [2.05, 4.69) is 10.3 Å². The molecule has 0 aliphatic rings. The maximum atomic E-state index is 11.1. The van der Waals surface area contributed by atoms with Crippen molar-refractivity contribution in [2.75, 3.05) is 11.9 Å². The molecule has 5 nitrogen and oxygen atoms in total. The highest BCUT2D eigenvalue weighted by Crippen LogP contribution is 2.21. The van der Waals surface area contributed by atoms with Gasteiger partial charge in [0.25, 0.3) is 0 Å². The Bertz CT molecular complexity index is 453. The van der Waals surface area contributed by atoms with Gasteiger partial charge in [-0.3, -0.25) is 4.79 Å². The normalized spacial score (nSPS) is 13.5. The number of hydrogen-bond donors (Lipinski definition) is 2. The zero-order valence-electron chi connectivity index (χ0n) is 9.90. The van der Waals surface area contributed by atoms with Crippen LogP contribution in [0.4, 0.5) is 5.82 Å². The first-order chi connectivity index (χ1) is 8.01. The van der Waals surface area contributed by atoms with E-state index in [0.29, 0.717) is 17.9 Å². The summed E-state index contributed by atoms with van der Waals surface area (Å²) in [4.78, 5) is 15.1. The average molecular weight is 233 g/mol. The Labute approximate surface area is 100 Å². The second-order valence-electron chi connectivity index (χ2n) is 4.09. The molecule has 0 saturated carbocycles. The fourth-order valence-electron chi connectivity index (χ4n) is 1.23. The molecular weight excluding hydrogens is 218 g/mol. The van der Waals surface area contributed by atoms with Crippen molar-refractivity contribution >= 4 is 11.8 Å². The van der Waals surface area contributed by atoms with Gasteiger partial charge in [-0.15, -0.1) is 0 Å². The molecule has 0 saturated heterocycles. The van der Waals surface area contributed by atoms with Crippen molar-refractivity contribution in [2.45, 2.75) is 20.3 Å². The highest BCUT2D eigenvalue weighted by atomic mass is 16.4. The number of rotatable bonds is 5. The number of anilines is 1. The van der Waals surface area contributed by atoms with E-state index >= 15 is 0 Å². The Hall–Kier alpha value is -2.09. The zero-order chi connectivity index (χ0) is 12.9. The molecule has 0 bridgehead atoms. The molecule has 0 fully saturated rings. The Morgan fingerprint density at radius 1 is 1.65 bits per heavy atom. The van der Waals surface area contributed by atoms with E-state index in [-0.39, 0.29) is 6.54 Å². The number of nitrogens with zero attached hydrogens (tertiary/aromatic N) is 2. The topological polar surface area (TPSA) is 86.0 Å². The lowest BCUT2D eigenvalue weighted by Crippen LogP contribution is -2.34. The van der Waals surface area contributed by atoms with Crippen molar-refractivity contribution in [1.82, 2.24) is 4.98 Å². The number of nitriles is 1. The van der Waals surface area contributed by atoms with Crippen LogP contribution in [0.5, 0.6) is 0 Å². The molecule has 0 aromatic carbocycles. The lowest BCUT2D eigenvalue weighted by molar-refractivity contribution is -0.147. The minimum absolute atomic E-state index is 0.278. The zero-order valence-corrected chi connectivity index (χ0v) is 9.90. The van der Waals surface area contributed by atoms with E-state index in [1.807, 2.05) is 13.0 Å². The second kappa shape index (κ2) is 5.30. The van der Waals surface area contributed by atoms with Crippen molar-refractivity contribution in [3.05, 3.63) is 23.9 Å². The third kappa shape index (κ3) is 3.18. The van der Waals surface area contributed by atoms with Crippen LogP contribution in [0.1, 0.15) is 26.0 Å². The first-order valence-corrected chi connectivity index (χ1v) is 5.36. The van der Waals surface area contributed by atoms with Crippen LogP contribution in [-0.2, 0) is 4.79 Å². The Balaban J connectivity index is 2.73. The van der Waals surface area contributed by atoms with Crippen LogP contribution < -0.4 is 5.32 Å². The van der Waals surface area contributed by atoms with E-state index in [1.165, 1.54) is 0 Å². The van der Waals surface area contributed by atoms with Crippen LogP contribution >= 0.6 is 0 Å². The lowest BCUT2D eigenvalue weighted by Gasteiger charge is -2.23. The summed E-state index contributed by atoms with van der Waals surface area (Å²) in [5, 5.41) is 20.7. The highest BCUT2D eigenvalue weighted by Gasteiger charge is 2.30. The van der Waals surface area contributed by atoms with Gasteiger partial charge in [0.05, 0.1) is 5.41 Å². The van der Waals surface area contributed by atoms with Gasteiger partial charge in [-0.25, -0.2) is 4.98 Å². The number of aromatic nitrogens is 1. The number of aliphatic carboxylic acids is 1. The van der Waals surface area contributed by atoms with Crippen molar-refractivity contribution in [3.63, 3.8) is 0 Å². The summed E-state index contributed by atoms with van der Waals surface area (Å²) in [7, 11) is 0. The minimum Gasteiger partial charge on any atom is -0.481 e. The summed E-state index contributed by atoms with van der Waals surface area (Å²) < 4.78 is 0. The van der Waals surface area contributed by atoms with Crippen molar-refractivity contribution < 1.29 is 9.90 Å². The largest absolute Gasteiger partial charge is 0.481 e. The van der Waals surface area contributed by atoms with Gasteiger partial charge < -0.3 is 10.4 Å². The fourth-order valence-corrected chi connectivity index (χ4v) is 1.23. The lowest BCUT2D eigenvalue weighted by atomic mass is 9.88. The first kappa shape index (κ1) is 13.0. The standard InChI is InChI=1S/C12H15N3O2/c1-3-12(2,11(16)17)8-14-10-6-4-5-9(7-13)15-10/h4-6H,3,8H2,1-2H3,(H,14,15)(H,16,17). The van der Waals surface area contributed by atoms with Crippen LogP contribution in [-0.4, -0.2) is 22.6 Å². The van der Waals surface area contributed by atoms with Crippen molar-refractivity contribution in [2.24, 2.45) is 5.41 Å². The van der Waals surface area contributed by atoms with Crippen LogP contribution in [0, 0.1) is 16.7 Å². The molecule has 0 amide bonds. The van der Waals surface area contributed by atoms with E-state index in [0.717, 1.165) is 0 Å². The monoisotopic (exact) mass is 233 g/mol. The van der Waals surface area contributed by atoms with Gasteiger partial charge >= 0.3 is 5.97 Å². The van der Waals surface area contributed by atoms with Crippen LogP contribution in [0.15, 0.2) is 18.2 Å². The maximum Gasteiger partial charge on any atom is 0.311 e. The second-order valence-corrected chi connectivity index (χ2v) is 4.09. The summed E-state index contributed by atoms with van der Waals surface area (Å²) in [6.07, 6.45) is 0.521. The minimum atomic E-state index is -0.844. The summed E-state index contributed by atoms with van der Waals surface area (Å²) >= 11 is 0. The summed E-state index contributed by atoms with van der Waals surface area (Å²) in [6, 6.07) is 6.95. The third-order valence-electron chi connectivity index (χ3n) is 2.82. The fraction of sp³-hybridized carbons (Fsp3) is 0.417. The van der Waals surface area contributed by atoms with Gasteiger partial charge in [0.1, 0.15) is 17.6 Å². The van der Waals surface area contributed by atoms with Gasteiger partial charge in [0, 0.05) is 6.54 Å². The molecule has 1 heterocycles. The molecule has 2 N–H and O–H groups in total. The molecule has 1 rings (SSSR count). The summed E-state index contributed by atoms with van der Waals surface area (Å²) in [6.45, 7) is 3.78. The summed E-state index contributed by atoms with van der Waals surface area (Å²) in [5.74, 6) is -0.325. The smallest absolute Gasteiger partial charge is 0.311 e. The van der Waals surface area contributed by atoms with E-state index < -0.39 is 11.4 Å².